The summed E-state index contributed by atoms with van der Waals surface area (Å²) in [5, 5.41) is 7.76. The molecule has 1 aromatic carbocycles. The van der Waals surface area contributed by atoms with E-state index in [1.807, 2.05) is 0 Å². The lowest BCUT2D eigenvalue weighted by molar-refractivity contribution is 0.167. The monoisotopic (exact) mass is 393 g/mol. The third kappa shape index (κ3) is 3.29. The van der Waals surface area contributed by atoms with Crippen LogP contribution in [-0.2, 0) is 23.6 Å². The van der Waals surface area contributed by atoms with E-state index in [9.17, 15) is 13.2 Å². The van der Waals surface area contributed by atoms with Gasteiger partial charge >= 0.3 is 5.76 Å². The number of benzene rings is 1. The molecule has 0 unspecified atom stereocenters. The number of aryl methyl sites for hydroxylation is 2. The Morgan fingerprint density at radius 1 is 1.11 bits per heavy atom. The van der Waals surface area contributed by atoms with Crippen LogP contribution in [0.15, 0.2) is 36.7 Å². The van der Waals surface area contributed by atoms with Gasteiger partial charge in [0.15, 0.2) is 5.58 Å². The lowest BCUT2D eigenvalue weighted by Crippen LogP contribution is -2.48. The quantitative estimate of drug-likeness (QED) is 0.623. The normalized spacial score (nSPS) is 17.0. The van der Waals surface area contributed by atoms with Crippen LogP contribution < -0.4 is 5.76 Å². The third-order valence-corrected chi connectivity index (χ3v) is 6.55. The molecule has 0 aliphatic carbocycles. The van der Waals surface area contributed by atoms with Gasteiger partial charge in [0.05, 0.1) is 17.0 Å². The molecule has 144 valence electrons. The Kier molecular flexibility index (Phi) is 4.36. The fourth-order valence-electron chi connectivity index (χ4n) is 3.14. The fraction of sp³-hybridized carbons (Fsp3) is 0.438. The first-order valence-electron chi connectivity index (χ1n) is 8.46. The first kappa shape index (κ1) is 17.9. The summed E-state index contributed by atoms with van der Waals surface area (Å²) < 4.78 is 39.1. The smallest absolute Gasteiger partial charge is 0.419 e. The van der Waals surface area contributed by atoms with Gasteiger partial charge in [-0.15, -0.1) is 10.2 Å². The Bertz CT molecular complexity index is 1140. The second kappa shape index (κ2) is 6.59. The number of piperazine rings is 1. The van der Waals surface area contributed by atoms with E-state index in [-0.39, 0.29) is 10.5 Å². The molecule has 0 atom stereocenters. The summed E-state index contributed by atoms with van der Waals surface area (Å²) in [7, 11) is -2.09. The van der Waals surface area contributed by atoms with Crippen LogP contribution in [0.4, 0.5) is 0 Å². The Hall–Kier alpha value is -2.50. The zero-order chi connectivity index (χ0) is 19.2. The Balaban J connectivity index is 1.49. The van der Waals surface area contributed by atoms with E-state index in [2.05, 4.69) is 15.1 Å². The summed E-state index contributed by atoms with van der Waals surface area (Å²) in [5.74, 6) is 0.506. The number of aromatic nitrogens is 3. The number of hydrogen-bond acceptors (Lipinski definition) is 8. The molecule has 1 aliphatic heterocycles. The first-order chi connectivity index (χ1) is 12.8. The number of oxazole rings is 1. The van der Waals surface area contributed by atoms with E-state index in [0.29, 0.717) is 50.0 Å². The summed E-state index contributed by atoms with van der Waals surface area (Å²) in [6, 6.07) is 4.49. The van der Waals surface area contributed by atoms with Crippen molar-refractivity contribution in [3.63, 3.8) is 0 Å². The zero-order valence-corrected chi connectivity index (χ0v) is 15.8. The molecule has 1 fully saturated rings. The molecule has 4 rings (SSSR count). The van der Waals surface area contributed by atoms with E-state index < -0.39 is 15.8 Å². The van der Waals surface area contributed by atoms with Gasteiger partial charge < -0.3 is 8.83 Å². The van der Waals surface area contributed by atoms with E-state index in [4.69, 9.17) is 8.83 Å². The van der Waals surface area contributed by atoms with Crippen LogP contribution in [0.25, 0.3) is 11.1 Å². The van der Waals surface area contributed by atoms with Crippen LogP contribution >= 0.6 is 0 Å². The van der Waals surface area contributed by atoms with Crippen molar-refractivity contribution in [1.29, 1.82) is 0 Å². The topological polar surface area (TPSA) is 115 Å². The van der Waals surface area contributed by atoms with Crippen molar-refractivity contribution in [2.75, 3.05) is 26.2 Å². The van der Waals surface area contributed by atoms with Crippen molar-refractivity contribution in [2.24, 2.45) is 7.05 Å². The molecule has 2 aromatic heterocycles. The molecule has 0 amide bonds. The zero-order valence-electron chi connectivity index (χ0n) is 15.0. The fourth-order valence-corrected chi connectivity index (χ4v) is 4.58. The largest absolute Gasteiger partial charge is 0.424 e. The first-order valence-corrected chi connectivity index (χ1v) is 9.90. The predicted octanol–water partition coefficient (Wildman–Crippen LogP) is 0.329. The maximum absolute atomic E-state index is 12.9. The third-order valence-electron chi connectivity index (χ3n) is 4.66. The van der Waals surface area contributed by atoms with Gasteiger partial charge in [-0.1, -0.05) is 0 Å². The lowest BCUT2D eigenvalue weighted by atomic mass is 10.3. The van der Waals surface area contributed by atoms with Crippen LogP contribution in [0.3, 0.4) is 0 Å². The Morgan fingerprint density at radius 2 is 1.85 bits per heavy atom. The highest BCUT2D eigenvalue weighted by atomic mass is 32.2. The van der Waals surface area contributed by atoms with Crippen molar-refractivity contribution >= 4 is 21.1 Å². The van der Waals surface area contributed by atoms with E-state index >= 15 is 0 Å². The average Bonchev–Trinajstić information content (AvgIpc) is 3.18. The van der Waals surface area contributed by atoms with Gasteiger partial charge in [0.1, 0.15) is 0 Å². The molecular weight excluding hydrogens is 374 g/mol. The van der Waals surface area contributed by atoms with Crippen molar-refractivity contribution in [3.8, 4) is 0 Å². The van der Waals surface area contributed by atoms with Gasteiger partial charge in [-0.05, 0) is 12.1 Å². The van der Waals surface area contributed by atoms with E-state index in [1.54, 1.807) is 20.0 Å². The number of sulfonamides is 1. The number of nitrogens with zero attached hydrogens (tertiary/aromatic N) is 5. The summed E-state index contributed by atoms with van der Waals surface area (Å²) in [5.41, 5.74) is 0.813. The minimum Gasteiger partial charge on any atom is -0.424 e. The van der Waals surface area contributed by atoms with Gasteiger partial charge in [-0.3, -0.25) is 9.47 Å². The van der Waals surface area contributed by atoms with Crippen molar-refractivity contribution in [2.45, 2.75) is 18.4 Å². The highest BCUT2D eigenvalue weighted by molar-refractivity contribution is 7.89. The molecule has 10 nitrogen and oxygen atoms in total. The molecule has 1 aliphatic rings. The van der Waals surface area contributed by atoms with Crippen LogP contribution in [0.5, 0.6) is 0 Å². The number of hydrogen-bond donors (Lipinski definition) is 0. The van der Waals surface area contributed by atoms with Crippen LogP contribution in [0.2, 0.25) is 0 Å². The van der Waals surface area contributed by atoms with Crippen molar-refractivity contribution < 1.29 is 17.3 Å². The minimum atomic E-state index is -3.67. The molecule has 27 heavy (non-hydrogen) atoms. The molecule has 0 radical (unpaired) electrons. The highest BCUT2D eigenvalue weighted by Crippen LogP contribution is 2.22. The Labute approximate surface area is 155 Å². The maximum atomic E-state index is 12.9. The molecule has 0 N–H and O–H groups in total. The van der Waals surface area contributed by atoms with Gasteiger partial charge in [0.25, 0.3) is 0 Å². The van der Waals surface area contributed by atoms with Gasteiger partial charge in [0, 0.05) is 46.2 Å². The summed E-state index contributed by atoms with van der Waals surface area (Å²) in [6.45, 7) is 4.05. The summed E-state index contributed by atoms with van der Waals surface area (Å²) in [6.07, 6.45) is 0. The molecule has 11 heteroatoms. The number of fused-ring (bicyclic) bond motifs is 1. The SMILES string of the molecule is Cc1nnc(CN2CCN(S(=O)(=O)c3ccc4c(c3)oc(=O)n4C)CC2)o1. The van der Waals surface area contributed by atoms with E-state index in [0.717, 1.165) is 0 Å². The standard InChI is InChI=1S/C16H19N5O5S/c1-11-17-18-15(25-11)10-20-5-7-21(8-6-20)27(23,24)12-3-4-13-14(9-12)26-16(22)19(13)2/h3-4,9H,5-8,10H2,1-2H3. The lowest BCUT2D eigenvalue weighted by Gasteiger charge is -2.33. The Morgan fingerprint density at radius 3 is 2.52 bits per heavy atom. The number of rotatable bonds is 4. The van der Waals surface area contributed by atoms with Crippen molar-refractivity contribution in [3.05, 3.63) is 40.5 Å². The van der Waals surface area contributed by atoms with Crippen molar-refractivity contribution in [1.82, 2.24) is 24.0 Å². The molecule has 0 bridgehead atoms. The summed E-state index contributed by atoms with van der Waals surface area (Å²) >= 11 is 0. The second-order valence-corrected chi connectivity index (χ2v) is 8.39. The van der Waals surface area contributed by atoms with Gasteiger partial charge in [-0.25, -0.2) is 13.2 Å². The molecule has 3 aromatic rings. The summed E-state index contributed by atoms with van der Waals surface area (Å²) in [4.78, 5) is 13.8. The molecule has 0 spiro atoms. The van der Waals surface area contributed by atoms with Crippen LogP contribution in [0, 0.1) is 6.92 Å². The van der Waals surface area contributed by atoms with Crippen LogP contribution in [0.1, 0.15) is 11.8 Å². The van der Waals surface area contributed by atoms with Crippen LogP contribution in [-0.4, -0.2) is 58.6 Å². The second-order valence-electron chi connectivity index (χ2n) is 6.45. The predicted molar refractivity (Wildman–Crippen MR) is 94.5 cm³/mol. The molecule has 0 saturated carbocycles. The highest BCUT2D eigenvalue weighted by Gasteiger charge is 2.29. The minimum absolute atomic E-state index is 0.116. The maximum Gasteiger partial charge on any atom is 0.419 e. The average molecular weight is 393 g/mol. The van der Waals surface area contributed by atoms with E-state index in [1.165, 1.54) is 21.0 Å². The molecular formula is C16H19N5O5S. The molecule has 1 saturated heterocycles. The molecule has 3 heterocycles. The van der Waals surface area contributed by atoms with Gasteiger partial charge in [-0.2, -0.15) is 4.31 Å². The van der Waals surface area contributed by atoms with Gasteiger partial charge in [0.2, 0.25) is 21.8 Å².